The highest BCUT2D eigenvalue weighted by Crippen LogP contribution is 2.32. The van der Waals surface area contributed by atoms with Gasteiger partial charge < -0.3 is 9.88 Å². The molecule has 4 rings (SSSR count). The molecule has 5 nitrogen and oxygen atoms in total. The number of nitrogens with zero attached hydrogens (tertiary/aromatic N) is 3. The molecule has 1 atom stereocenters. The molecular formula is C17H14ClFN4O. The summed E-state index contributed by atoms with van der Waals surface area (Å²) in [6.07, 6.45) is 4.70. The van der Waals surface area contributed by atoms with Crippen molar-refractivity contribution in [2.75, 3.05) is 6.54 Å². The van der Waals surface area contributed by atoms with Crippen LogP contribution >= 0.6 is 11.6 Å². The van der Waals surface area contributed by atoms with Gasteiger partial charge in [0.1, 0.15) is 11.6 Å². The summed E-state index contributed by atoms with van der Waals surface area (Å²) in [5.41, 5.74) is 1.78. The summed E-state index contributed by atoms with van der Waals surface area (Å²) in [5.74, 6) is 0.234. The summed E-state index contributed by atoms with van der Waals surface area (Å²) >= 11 is 5.93. The predicted octanol–water partition coefficient (Wildman–Crippen LogP) is 3.73. The molecule has 1 aliphatic rings. The molecule has 1 saturated heterocycles. The third kappa shape index (κ3) is 2.63. The third-order valence-electron chi connectivity index (χ3n) is 4.24. The number of hydrogen-bond acceptors (Lipinski definition) is 3. The fourth-order valence-corrected chi connectivity index (χ4v) is 3.32. The summed E-state index contributed by atoms with van der Waals surface area (Å²) in [6.45, 7) is 0.640. The summed E-state index contributed by atoms with van der Waals surface area (Å²) < 4.78 is 13.4. The van der Waals surface area contributed by atoms with Crippen molar-refractivity contribution in [3.05, 3.63) is 58.9 Å². The number of fused-ring (bicyclic) bond motifs is 1. The van der Waals surface area contributed by atoms with Gasteiger partial charge in [-0.1, -0.05) is 11.6 Å². The maximum Gasteiger partial charge on any atom is 0.256 e. The van der Waals surface area contributed by atoms with E-state index in [0.29, 0.717) is 34.0 Å². The number of aromatic nitrogens is 3. The molecule has 0 radical (unpaired) electrons. The Labute approximate surface area is 142 Å². The van der Waals surface area contributed by atoms with E-state index in [9.17, 15) is 9.18 Å². The van der Waals surface area contributed by atoms with Crippen LogP contribution in [0.3, 0.4) is 0 Å². The summed E-state index contributed by atoms with van der Waals surface area (Å²) in [4.78, 5) is 26.2. The SMILES string of the molecule is O=C(c1cncc(Cl)c1)N1CCCC1c1nc2ccc(F)cc2[nH]1. The number of aromatic amines is 1. The zero-order valence-corrected chi connectivity index (χ0v) is 13.4. The number of rotatable bonds is 2. The van der Waals surface area contributed by atoms with Crippen LogP contribution in [0.25, 0.3) is 11.0 Å². The zero-order valence-electron chi connectivity index (χ0n) is 12.7. The van der Waals surface area contributed by atoms with Crippen LogP contribution in [0.5, 0.6) is 0 Å². The van der Waals surface area contributed by atoms with Gasteiger partial charge in [-0.15, -0.1) is 0 Å². The van der Waals surface area contributed by atoms with Crippen molar-refractivity contribution in [1.29, 1.82) is 0 Å². The van der Waals surface area contributed by atoms with Gasteiger partial charge in [0.2, 0.25) is 0 Å². The fraction of sp³-hybridized carbons (Fsp3) is 0.235. The van der Waals surface area contributed by atoms with E-state index in [1.54, 1.807) is 17.0 Å². The Kier molecular flexibility index (Phi) is 3.69. The maximum absolute atomic E-state index is 13.4. The van der Waals surface area contributed by atoms with E-state index in [1.807, 2.05) is 0 Å². The molecule has 1 N–H and O–H groups in total. The number of carbonyl (C=O) groups excluding carboxylic acids is 1. The molecule has 0 spiro atoms. The van der Waals surface area contributed by atoms with E-state index in [4.69, 9.17) is 11.6 Å². The highest BCUT2D eigenvalue weighted by atomic mass is 35.5. The minimum atomic E-state index is -0.318. The van der Waals surface area contributed by atoms with Gasteiger partial charge in [-0.3, -0.25) is 9.78 Å². The molecule has 0 bridgehead atoms. The first kappa shape index (κ1) is 15.1. The average molecular weight is 345 g/mol. The Morgan fingerprint density at radius 2 is 2.21 bits per heavy atom. The van der Waals surface area contributed by atoms with E-state index < -0.39 is 0 Å². The average Bonchev–Trinajstić information content (AvgIpc) is 3.19. The quantitative estimate of drug-likeness (QED) is 0.770. The topological polar surface area (TPSA) is 61.9 Å². The predicted molar refractivity (Wildman–Crippen MR) is 88.3 cm³/mol. The van der Waals surface area contributed by atoms with Crippen molar-refractivity contribution < 1.29 is 9.18 Å². The molecule has 1 aliphatic heterocycles. The van der Waals surface area contributed by atoms with E-state index in [0.717, 1.165) is 12.8 Å². The molecule has 7 heteroatoms. The first-order valence-electron chi connectivity index (χ1n) is 7.68. The smallest absolute Gasteiger partial charge is 0.256 e. The van der Waals surface area contributed by atoms with Crippen molar-refractivity contribution in [3.63, 3.8) is 0 Å². The number of likely N-dealkylation sites (tertiary alicyclic amines) is 1. The van der Waals surface area contributed by atoms with Crippen LogP contribution in [-0.2, 0) is 0 Å². The molecule has 1 fully saturated rings. The lowest BCUT2D eigenvalue weighted by atomic mass is 10.2. The van der Waals surface area contributed by atoms with Gasteiger partial charge >= 0.3 is 0 Å². The molecule has 0 saturated carbocycles. The molecule has 1 amide bonds. The number of benzene rings is 1. The Hall–Kier alpha value is -2.47. The minimum Gasteiger partial charge on any atom is -0.340 e. The van der Waals surface area contributed by atoms with E-state index >= 15 is 0 Å². The molecule has 1 aromatic carbocycles. The molecule has 3 heterocycles. The Morgan fingerprint density at radius 1 is 1.33 bits per heavy atom. The first-order valence-corrected chi connectivity index (χ1v) is 8.06. The molecule has 1 unspecified atom stereocenters. The van der Waals surface area contributed by atoms with Crippen LogP contribution in [0.4, 0.5) is 4.39 Å². The van der Waals surface area contributed by atoms with Gasteiger partial charge in [0.15, 0.2) is 0 Å². The van der Waals surface area contributed by atoms with E-state index in [-0.39, 0.29) is 17.8 Å². The van der Waals surface area contributed by atoms with Crippen LogP contribution in [0.1, 0.15) is 35.1 Å². The van der Waals surface area contributed by atoms with Gasteiger partial charge in [0.25, 0.3) is 5.91 Å². The molecule has 24 heavy (non-hydrogen) atoms. The third-order valence-corrected chi connectivity index (χ3v) is 4.45. The van der Waals surface area contributed by atoms with Crippen LogP contribution in [0.15, 0.2) is 36.7 Å². The lowest BCUT2D eigenvalue weighted by Crippen LogP contribution is -2.31. The number of nitrogens with one attached hydrogen (secondary N) is 1. The zero-order chi connectivity index (χ0) is 16.7. The number of pyridine rings is 1. The molecule has 2 aromatic heterocycles. The van der Waals surface area contributed by atoms with Gasteiger partial charge in [0, 0.05) is 18.9 Å². The first-order chi connectivity index (χ1) is 11.6. The van der Waals surface area contributed by atoms with Crippen molar-refractivity contribution in [2.45, 2.75) is 18.9 Å². The van der Waals surface area contributed by atoms with E-state index in [2.05, 4.69) is 15.0 Å². The molecule has 122 valence electrons. The highest BCUT2D eigenvalue weighted by Gasteiger charge is 2.32. The summed E-state index contributed by atoms with van der Waals surface area (Å²) in [7, 11) is 0. The standard InChI is InChI=1S/C17H14ClFN4O/c18-11-6-10(8-20-9-11)17(24)23-5-1-2-15(23)16-21-13-4-3-12(19)7-14(13)22-16/h3-4,6-9,15H,1-2,5H2,(H,21,22). The Bertz CT molecular complexity index is 926. The molecule has 3 aromatic rings. The second-order valence-corrected chi connectivity index (χ2v) is 6.27. The van der Waals surface area contributed by atoms with Crippen LogP contribution in [-0.4, -0.2) is 32.3 Å². The lowest BCUT2D eigenvalue weighted by molar-refractivity contribution is 0.0730. The van der Waals surface area contributed by atoms with Crippen molar-refractivity contribution in [3.8, 4) is 0 Å². The van der Waals surface area contributed by atoms with Crippen molar-refractivity contribution in [2.24, 2.45) is 0 Å². The number of imidazole rings is 1. The number of hydrogen-bond donors (Lipinski definition) is 1. The Morgan fingerprint density at radius 3 is 3.04 bits per heavy atom. The normalized spacial score (nSPS) is 17.6. The van der Waals surface area contributed by atoms with Gasteiger partial charge in [-0.2, -0.15) is 0 Å². The van der Waals surface area contributed by atoms with Gasteiger partial charge in [0.05, 0.1) is 27.7 Å². The Balaban J connectivity index is 1.67. The van der Waals surface area contributed by atoms with Crippen LogP contribution in [0, 0.1) is 5.82 Å². The number of H-pyrrole nitrogens is 1. The van der Waals surface area contributed by atoms with Crippen molar-refractivity contribution in [1.82, 2.24) is 19.9 Å². The maximum atomic E-state index is 13.4. The van der Waals surface area contributed by atoms with E-state index in [1.165, 1.54) is 24.5 Å². The number of carbonyl (C=O) groups is 1. The largest absolute Gasteiger partial charge is 0.340 e. The number of halogens is 2. The highest BCUT2D eigenvalue weighted by molar-refractivity contribution is 6.30. The van der Waals surface area contributed by atoms with Crippen molar-refractivity contribution >= 4 is 28.5 Å². The second-order valence-electron chi connectivity index (χ2n) is 5.83. The fourth-order valence-electron chi connectivity index (χ4n) is 3.15. The second kappa shape index (κ2) is 5.87. The lowest BCUT2D eigenvalue weighted by Gasteiger charge is -2.23. The van der Waals surface area contributed by atoms with Gasteiger partial charge in [-0.05, 0) is 37.1 Å². The van der Waals surface area contributed by atoms with Gasteiger partial charge in [-0.25, -0.2) is 9.37 Å². The number of amides is 1. The minimum absolute atomic E-state index is 0.126. The monoisotopic (exact) mass is 344 g/mol. The summed E-state index contributed by atoms with van der Waals surface area (Å²) in [5, 5.41) is 0.427. The van der Waals surface area contributed by atoms with Crippen LogP contribution in [0.2, 0.25) is 5.02 Å². The molecular weight excluding hydrogens is 331 g/mol. The van der Waals surface area contributed by atoms with Crippen LogP contribution < -0.4 is 0 Å². The summed E-state index contributed by atoms with van der Waals surface area (Å²) in [6, 6.07) is 5.87. The molecule has 0 aliphatic carbocycles.